The average Bonchev–Trinajstić information content (AvgIpc) is 3.50. The van der Waals surface area contributed by atoms with Crippen molar-refractivity contribution in [2.75, 3.05) is 18.5 Å². The molecule has 1 aromatic carbocycles. The summed E-state index contributed by atoms with van der Waals surface area (Å²) in [6, 6.07) is 8.72. The van der Waals surface area contributed by atoms with Gasteiger partial charge in [0, 0.05) is 24.3 Å². The molecule has 1 saturated carbocycles. The van der Waals surface area contributed by atoms with E-state index in [2.05, 4.69) is 22.7 Å². The first kappa shape index (κ1) is 24.8. The highest BCUT2D eigenvalue weighted by atomic mass is 16.5. The zero-order chi connectivity index (χ0) is 25.0. The van der Waals surface area contributed by atoms with Crippen molar-refractivity contribution in [2.24, 2.45) is 0 Å². The molecule has 1 fully saturated rings. The highest BCUT2D eigenvalue weighted by Gasteiger charge is 2.48. The number of aromatic nitrogens is 2. The molecular weight excluding hydrogens is 446 g/mol. The van der Waals surface area contributed by atoms with E-state index in [-0.39, 0.29) is 30.1 Å². The van der Waals surface area contributed by atoms with Crippen LogP contribution < -0.4 is 15.4 Å². The molecule has 1 aromatic heterocycles. The third-order valence-corrected chi connectivity index (χ3v) is 6.87. The second-order valence-corrected chi connectivity index (χ2v) is 9.52. The maximum Gasteiger partial charge on any atom is 0.276 e. The fourth-order valence-electron chi connectivity index (χ4n) is 4.83. The Morgan fingerprint density at radius 2 is 1.89 bits per heavy atom. The molecule has 188 valence electrons. The van der Waals surface area contributed by atoms with Gasteiger partial charge in [-0.25, -0.2) is 0 Å². The van der Waals surface area contributed by atoms with E-state index in [0.29, 0.717) is 24.5 Å². The van der Waals surface area contributed by atoms with Crippen molar-refractivity contribution in [3.8, 4) is 5.75 Å². The molecule has 0 bridgehead atoms. The zero-order valence-corrected chi connectivity index (χ0v) is 20.8. The average molecular weight is 482 g/mol. The Morgan fingerprint density at radius 3 is 2.54 bits per heavy atom. The lowest BCUT2D eigenvalue weighted by Gasteiger charge is -2.43. The van der Waals surface area contributed by atoms with E-state index in [1.807, 2.05) is 6.92 Å². The minimum atomic E-state index is -1.07. The van der Waals surface area contributed by atoms with Crippen molar-refractivity contribution in [1.82, 2.24) is 20.0 Å². The fraction of sp³-hybridized carbons (Fsp3) is 0.538. The van der Waals surface area contributed by atoms with Gasteiger partial charge in [0.1, 0.15) is 17.0 Å². The van der Waals surface area contributed by atoms with Gasteiger partial charge in [0.05, 0.1) is 13.2 Å². The lowest BCUT2D eigenvalue weighted by Crippen LogP contribution is -2.65. The Morgan fingerprint density at radius 1 is 1.17 bits per heavy atom. The van der Waals surface area contributed by atoms with Crippen LogP contribution in [0.3, 0.4) is 0 Å². The molecule has 1 aliphatic carbocycles. The Labute approximate surface area is 206 Å². The molecule has 1 atom stereocenters. The number of rotatable bonds is 9. The van der Waals surface area contributed by atoms with Crippen LogP contribution in [0, 0.1) is 0 Å². The summed E-state index contributed by atoms with van der Waals surface area (Å²) in [4.78, 5) is 41.5. The number of nitrogens with one attached hydrogen (secondary N) is 2. The first-order chi connectivity index (χ1) is 16.9. The molecule has 0 radical (unpaired) electrons. The van der Waals surface area contributed by atoms with E-state index in [1.54, 1.807) is 36.1 Å². The number of ether oxygens (including phenoxy) is 1. The van der Waals surface area contributed by atoms with E-state index in [0.717, 1.165) is 44.3 Å². The number of carbonyl (C=O) groups is 3. The minimum Gasteiger partial charge on any atom is -0.494 e. The quantitative estimate of drug-likeness (QED) is 0.569. The van der Waals surface area contributed by atoms with Gasteiger partial charge in [0.25, 0.3) is 11.8 Å². The predicted octanol–water partition coefficient (Wildman–Crippen LogP) is 3.61. The van der Waals surface area contributed by atoms with Crippen LogP contribution in [-0.2, 0) is 11.3 Å². The molecule has 2 aromatic rings. The molecule has 3 amide bonds. The Balaban J connectivity index is 1.55. The lowest BCUT2D eigenvalue weighted by atomic mass is 9.94. The van der Waals surface area contributed by atoms with Crippen molar-refractivity contribution >= 4 is 23.4 Å². The van der Waals surface area contributed by atoms with Gasteiger partial charge >= 0.3 is 0 Å². The number of fused-ring (bicyclic) bond motifs is 1. The summed E-state index contributed by atoms with van der Waals surface area (Å²) >= 11 is 0. The number of carbonyl (C=O) groups excluding carboxylic acids is 3. The number of hydrogen-bond donors (Lipinski definition) is 2. The summed E-state index contributed by atoms with van der Waals surface area (Å²) in [5, 5.41) is 10.4. The summed E-state index contributed by atoms with van der Waals surface area (Å²) < 4.78 is 6.94. The molecule has 2 N–H and O–H groups in total. The summed E-state index contributed by atoms with van der Waals surface area (Å²) in [7, 11) is 0. The van der Waals surface area contributed by atoms with Gasteiger partial charge in [-0.05, 0) is 57.4 Å². The largest absolute Gasteiger partial charge is 0.494 e. The highest BCUT2D eigenvalue weighted by molar-refractivity contribution is 6.06. The lowest BCUT2D eigenvalue weighted by molar-refractivity contribution is -0.133. The molecule has 1 aliphatic heterocycles. The maximum atomic E-state index is 13.5. The third-order valence-electron chi connectivity index (χ3n) is 6.87. The molecule has 0 saturated heterocycles. The topological polar surface area (TPSA) is 106 Å². The molecule has 4 rings (SSSR count). The van der Waals surface area contributed by atoms with Crippen LogP contribution >= 0.6 is 0 Å². The Bertz CT molecular complexity index is 1070. The van der Waals surface area contributed by atoms with Crippen LogP contribution in [0.4, 0.5) is 5.69 Å². The van der Waals surface area contributed by atoms with Gasteiger partial charge in [-0.1, -0.05) is 26.2 Å². The van der Waals surface area contributed by atoms with Crippen LogP contribution in [0.5, 0.6) is 5.75 Å². The first-order valence-electron chi connectivity index (χ1n) is 12.6. The molecular formula is C26H35N5O4. The smallest absolute Gasteiger partial charge is 0.276 e. The van der Waals surface area contributed by atoms with Crippen LogP contribution in [0.2, 0.25) is 0 Å². The first-order valence-corrected chi connectivity index (χ1v) is 12.6. The summed E-state index contributed by atoms with van der Waals surface area (Å²) in [6.45, 7) is 7.00. The predicted molar refractivity (Wildman–Crippen MR) is 133 cm³/mol. The molecule has 0 unspecified atom stereocenters. The SMILES string of the molecule is CCCCN1C(=O)c2cc(C(=O)Nc3ccc(OCC)cc3)nn2C[C@@]1(C)C(=O)NC1CCCC1. The molecule has 9 nitrogen and oxygen atoms in total. The van der Waals surface area contributed by atoms with Gasteiger partial charge in [-0.2, -0.15) is 5.10 Å². The molecule has 2 aliphatic rings. The second kappa shape index (κ2) is 10.5. The number of benzene rings is 1. The van der Waals surface area contributed by atoms with Gasteiger partial charge in [0.15, 0.2) is 5.69 Å². The summed E-state index contributed by atoms with van der Waals surface area (Å²) in [5.74, 6) is -0.131. The van der Waals surface area contributed by atoms with E-state index in [1.165, 1.54) is 10.7 Å². The standard InChI is InChI=1S/C26H35N5O4/c1-4-6-15-30-24(33)22-16-21(23(32)27-19-11-13-20(14-12-19)35-5-2)29-31(22)17-26(30,3)25(34)28-18-9-7-8-10-18/h11-14,16,18H,4-10,15,17H2,1-3H3,(H,27,32)(H,28,34)/t26-/m0/s1. The van der Waals surface area contributed by atoms with Crippen molar-refractivity contribution in [3.05, 3.63) is 41.7 Å². The third kappa shape index (κ3) is 5.18. The van der Waals surface area contributed by atoms with Crippen LogP contribution in [0.15, 0.2) is 30.3 Å². The van der Waals surface area contributed by atoms with E-state index in [4.69, 9.17) is 4.74 Å². The second-order valence-electron chi connectivity index (χ2n) is 9.52. The van der Waals surface area contributed by atoms with Gasteiger partial charge in [0.2, 0.25) is 5.91 Å². The van der Waals surface area contributed by atoms with Crippen molar-refractivity contribution < 1.29 is 19.1 Å². The van der Waals surface area contributed by atoms with Gasteiger partial charge < -0.3 is 20.3 Å². The normalized spacial score (nSPS) is 20.0. The molecule has 0 spiro atoms. The highest BCUT2D eigenvalue weighted by Crippen LogP contribution is 2.29. The summed E-state index contributed by atoms with van der Waals surface area (Å²) in [5.41, 5.74) is -0.0141. The van der Waals surface area contributed by atoms with E-state index in [9.17, 15) is 14.4 Å². The fourth-order valence-corrected chi connectivity index (χ4v) is 4.83. The molecule has 2 heterocycles. The number of unbranched alkanes of at least 4 members (excludes halogenated alkanes) is 1. The molecule has 9 heteroatoms. The maximum absolute atomic E-state index is 13.5. The van der Waals surface area contributed by atoms with Crippen molar-refractivity contribution in [2.45, 2.75) is 77.4 Å². The van der Waals surface area contributed by atoms with E-state index < -0.39 is 11.4 Å². The van der Waals surface area contributed by atoms with Gasteiger partial charge in [-0.15, -0.1) is 0 Å². The minimum absolute atomic E-state index is 0.137. The number of anilines is 1. The Hall–Kier alpha value is -3.36. The molecule has 35 heavy (non-hydrogen) atoms. The van der Waals surface area contributed by atoms with Crippen LogP contribution in [0.1, 0.15) is 80.3 Å². The van der Waals surface area contributed by atoms with Crippen LogP contribution in [-0.4, -0.2) is 57.1 Å². The Kier molecular flexibility index (Phi) is 7.42. The zero-order valence-electron chi connectivity index (χ0n) is 20.8. The van der Waals surface area contributed by atoms with Gasteiger partial charge in [-0.3, -0.25) is 19.1 Å². The number of amides is 3. The number of nitrogens with zero attached hydrogens (tertiary/aromatic N) is 3. The van der Waals surface area contributed by atoms with Crippen molar-refractivity contribution in [3.63, 3.8) is 0 Å². The van der Waals surface area contributed by atoms with Crippen molar-refractivity contribution in [1.29, 1.82) is 0 Å². The monoisotopic (exact) mass is 481 g/mol. The summed E-state index contributed by atoms with van der Waals surface area (Å²) in [6.07, 6.45) is 5.84. The van der Waals surface area contributed by atoms with E-state index >= 15 is 0 Å². The number of hydrogen-bond acceptors (Lipinski definition) is 5. The van der Waals surface area contributed by atoms with Crippen LogP contribution in [0.25, 0.3) is 0 Å².